The topological polar surface area (TPSA) is 48.2 Å². The number of halogens is 1. The molecule has 0 saturated carbocycles. The summed E-state index contributed by atoms with van der Waals surface area (Å²) >= 11 is 0. The molecule has 0 saturated heterocycles. The molecule has 0 amide bonds. The first kappa shape index (κ1) is 9.64. The summed E-state index contributed by atoms with van der Waals surface area (Å²) in [7, 11) is 1.50. The average molecular weight is 208 g/mol. The summed E-state index contributed by atoms with van der Waals surface area (Å²) in [4.78, 5) is 4.01. The van der Waals surface area contributed by atoms with Crippen molar-refractivity contribution in [2.75, 3.05) is 7.11 Å². The standard InChI is InChI=1S/C10H9FN2O2/c1-6-12-10(15-13-6)8-5-7(11)3-4-9(8)14-2/h3-5H,1-2H3. The Kier molecular flexibility index (Phi) is 2.37. The minimum Gasteiger partial charge on any atom is -0.496 e. The highest BCUT2D eigenvalue weighted by Gasteiger charge is 2.13. The van der Waals surface area contributed by atoms with Crippen molar-refractivity contribution in [2.24, 2.45) is 0 Å². The third kappa shape index (κ3) is 1.81. The fraction of sp³-hybridized carbons (Fsp3) is 0.200. The lowest BCUT2D eigenvalue weighted by atomic mass is 10.2. The first-order chi connectivity index (χ1) is 7.20. The zero-order valence-electron chi connectivity index (χ0n) is 8.32. The van der Waals surface area contributed by atoms with Gasteiger partial charge in [0.15, 0.2) is 5.82 Å². The molecule has 1 heterocycles. The van der Waals surface area contributed by atoms with E-state index in [-0.39, 0.29) is 11.7 Å². The lowest BCUT2D eigenvalue weighted by Gasteiger charge is -2.03. The van der Waals surface area contributed by atoms with E-state index in [1.54, 1.807) is 6.92 Å². The number of methoxy groups -OCH3 is 1. The maximum atomic E-state index is 13.0. The minimum atomic E-state index is -0.373. The molecule has 1 aromatic carbocycles. The molecule has 0 bridgehead atoms. The van der Waals surface area contributed by atoms with E-state index in [1.807, 2.05) is 0 Å². The van der Waals surface area contributed by atoms with Crippen LogP contribution in [0.2, 0.25) is 0 Å². The van der Waals surface area contributed by atoms with Gasteiger partial charge in [-0.25, -0.2) is 4.39 Å². The number of rotatable bonds is 2. The van der Waals surface area contributed by atoms with Gasteiger partial charge in [0, 0.05) is 0 Å². The molecule has 5 heteroatoms. The van der Waals surface area contributed by atoms with Crippen molar-refractivity contribution in [2.45, 2.75) is 6.92 Å². The van der Waals surface area contributed by atoms with E-state index in [0.29, 0.717) is 17.1 Å². The van der Waals surface area contributed by atoms with Crippen LogP contribution < -0.4 is 4.74 Å². The Morgan fingerprint density at radius 2 is 2.20 bits per heavy atom. The van der Waals surface area contributed by atoms with Gasteiger partial charge in [-0.3, -0.25) is 0 Å². The maximum Gasteiger partial charge on any atom is 0.261 e. The van der Waals surface area contributed by atoms with Crippen molar-refractivity contribution < 1.29 is 13.7 Å². The normalized spacial score (nSPS) is 10.3. The van der Waals surface area contributed by atoms with Gasteiger partial charge in [0.2, 0.25) is 0 Å². The molecular formula is C10H9FN2O2. The molecule has 2 aromatic rings. The van der Waals surface area contributed by atoms with E-state index in [9.17, 15) is 4.39 Å². The predicted molar refractivity (Wildman–Crippen MR) is 51.0 cm³/mol. The Hall–Kier alpha value is -1.91. The van der Waals surface area contributed by atoms with Crippen LogP contribution in [0.25, 0.3) is 11.5 Å². The second kappa shape index (κ2) is 3.68. The Morgan fingerprint density at radius 3 is 2.80 bits per heavy atom. The smallest absolute Gasteiger partial charge is 0.261 e. The van der Waals surface area contributed by atoms with Gasteiger partial charge in [0.1, 0.15) is 11.6 Å². The van der Waals surface area contributed by atoms with E-state index >= 15 is 0 Å². The molecule has 0 N–H and O–H groups in total. The first-order valence-corrected chi connectivity index (χ1v) is 4.35. The summed E-state index contributed by atoms with van der Waals surface area (Å²) < 4.78 is 23.0. The number of aryl methyl sites for hydroxylation is 1. The highest BCUT2D eigenvalue weighted by atomic mass is 19.1. The highest BCUT2D eigenvalue weighted by Crippen LogP contribution is 2.28. The van der Waals surface area contributed by atoms with Crippen LogP contribution in [-0.4, -0.2) is 17.3 Å². The number of nitrogens with zero attached hydrogens (tertiary/aromatic N) is 2. The van der Waals surface area contributed by atoms with Crippen molar-refractivity contribution in [3.05, 3.63) is 29.8 Å². The van der Waals surface area contributed by atoms with Gasteiger partial charge in [-0.1, -0.05) is 5.16 Å². The Bertz CT molecular complexity index is 482. The lowest BCUT2D eigenvalue weighted by molar-refractivity contribution is 0.402. The van der Waals surface area contributed by atoms with Gasteiger partial charge in [-0.15, -0.1) is 0 Å². The second-order valence-corrected chi connectivity index (χ2v) is 2.99. The molecule has 0 spiro atoms. The Morgan fingerprint density at radius 1 is 1.40 bits per heavy atom. The molecule has 0 fully saturated rings. The monoisotopic (exact) mass is 208 g/mol. The SMILES string of the molecule is COc1ccc(F)cc1-c1nc(C)no1. The molecule has 4 nitrogen and oxygen atoms in total. The molecule has 15 heavy (non-hydrogen) atoms. The molecule has 1 aromatic heterocycles. The summed E-state index contributed by atoms with van der Waals surface area (Å²) in [6, 6.07) is 4.13. The van der Waals surface area contributed by atoms with Crippen LogP contribution in [0.15, 0.2) is 22.7 Å². The molecular weight excluding hydrogens is 199 g/mol. The lowest BCUT2D eigenvalue weighted by Crippen LogP contribution is -1.89. The highest BCUT2D eigenvalue weighted by molar-refractivity contribution is 5.62. The van der Waals surface area contributed by atoms with E-state index < -0.39 is 0 Å². The summed E-state index contributed by atoms with van der Waals surface area (Å²) in [5, 5.41) is 3.63. The molecule has 2 rings (SSSR count). The van der Waals surface area contributed by atoms with Crippen molar-refractivity contribution >= 4 is 0 Å². The van der Waals surface area contributed by atoms with Crippen molar-refractivity contribution in [3.63, 3.8) is 0 Å². The van der Waals surface area contributed by atoms with Crippen molar-refractivity contribution in [1.82, 2.24) is 10.1 Å². The van der Waals surface area contributed by atoms with Crippen LogP contribution in [0.3, 0.4) is 0 Å². The zero-order valence-corrected chi connectivity index (χ0v) is 8.32. The van der Waals surface area contributed by atoms with Gasteiger partial charge in [0.25, 0.3) is 5.89 Å². The fourth-order valence-electron chi connectivity index (χ4n) is 1.25. The van der Waals surface area contributed by atoms with Crippen LogP contribution >= 0.6 is 0 Å². The number of benzene rings is 1. The molecule has 0 aliphatic carbocycles. The Labute approximate surface area is 85.7 Å². The average Bonchev–Trinajstić information content (AvgIpc) is 2.65. The number of hydrogen-bond donors (Lipinski definition) is 0. The molecule has 0 radical (unpaired) electrons. The number of aromatic nitrogens is 2. The van der Waals surface area contributed by atoms with E-state index in [2.05, 4.69) is 10.1 Å². The van der Waals surface area contributed by atoms with E-state index in [1.165, 1.54) is 25.3 Å². The van der Waals surface area contributed by atoms with Crippen LogP contribution in [0.1, 0.15) is 5.82 Å². The third-order valence-electron chi connectivity index (χ3n) is 1.92. The van der Waals surface area contributed by atoms with Crippen LogP contribution in [0.5, 0.6) is 5.75 Å². The van der Waals surface area contributed by atoms with Gasteiger partial charge in [-0.05, 0) is 25.1 Å². The minimum absolute atomic E-state index is 0.254. The molecule has 0 aliphatic heterocycles. The van der Waals surface area contributed by atoms with Crippen molar-refractivity contribution in [1.29, 1.82) is 0 Å². The van der Waals surface area contributed by atoms with E-state index in [0.717, 1.165) is 0 Å². The quantitative estimate of drug-likeness (QED) is 0.759. The van der Waals surface area contributed by atoms with Gasteiger partial charge < -0.3 is 9.26 Å². The van der Waals surface area contributed by atoms with Crippen LogP contribution in [0, 0.1) is 12.7 Å². The molecule has 0 unspecified atom stereocenters. The van der Waals surface area contributed by atoms with Gasteiger partial charge in [0.05, 0.1) is 12.7 Å². The van der Waals surface area contributed by atoms with E-state index in [4.69, 9.17) is 9.26 Å². The largest absolute Gasteiger partial charge is 0.496 e. The van der Waals surface area contributed by atoms with Crippen LogP contribution in [-0.2, 0) is 0 Å². The Balaban J connectivity index is 2.55. The first-order valence-electron chi connectivity index (χ1n) is 4.35. The summed E-state index contributed by atoms with van der Waals surface area (Å²) in [5.74, 6) is 0.877. The summed E-state index contributed by atoms with van der Waals surface area (Å²) in [6.07, 6.45) is 0. The molecule has 0 atom stereocenters. The number of hydrogen-bond acceptors (Lipinski definition) is 4. The number of ether oxygens (including phenoxy) is 1. The maximum absolute atomic E-state index is 13.0. The van der Waals surface area contributed by atoms with Gasteiger partial charge in [-0.2, -0.15) is 4.98 Å². The molecule has 78 valence electrons. The fourth-order valence-corrected chi connectivity index (χ4v) is 1.25. The van der Waals surface area contributed by atoms with Crippen LogP contribution in [0.4, 0.5) is 4.39 Å². The van der Waals surface area contributed by atoms with Crippen molar-refractivity contribution in [3.8, 4) is 17.2 Å². The zero-order chi connectivity index (χ0) is 10.8. The summed E-state index contributed by atoms with van der Waals surface area (Å²) in [6.45, 7) is 1.69. The molecule has 0 aliphatic rings. The second-order valence-electron chi connectivity index (χ2n) is 2.99. The van der Waals surface area contributed by atoms with Gasteiger partial charge >= 0.3 is 0 Å². The summed E-state index contributed by atoms with van der Waals surface area (Å²) in [5.41, 5.74) is 0.457. The third-order valence-corrected chi connectivity index (χ3v) is 1.92. The predicted octanol–water partition coefficient (Wildman–Crippen LogP) is 2.19.